The zero-order valence-corrected chi connectivity index (χ0v) is 12.9. The lowest BCUT2D eigenvalue weighted by atomic mass is 10.1. The molecule has 1 aliphatic heterocycles. The van der Waals surface area contributed by atoms with Crippen molar-refractivity contribution in [1.29, 1.82) is 0 Å². The van der Waals surface area contributed by atoms with Crippen LogP contribution in [0.5, 0.6) is 11.5 Å². The predicted molar refractivity (Wildman–Crippen MR) is 88.0 cm³/mol. The highest BCUT2D eigenvalue weighted by atomic mass is 16.5. The molecule has 0 N–H and O–H groups in total. The Morgan fingerprint density at radius 2 is 1.57 bits per heavy atom. The van der Waals surface area contributed by atoms with E-state index in [1.807, 2.05) is 48.5 Å². The first-order chi connectivity index (χ1) is 11.2. The van der Waals surface area contributed by atoms with Crippen LogP contribution in [0.4, 0.5) is 0 Å². The minimum Gasteiger partial charge on any atom is -0.496 e. The topological polar surface area (TPSA) is 44.8 Å². The number of carbonyl (C=O) groups is 1. The number of rotatable bonds is 4. The molecule has 0 atom stereocenters. The van der Waals surface area contributed by atoms with Gasteiger partial charge >= 0.3 is 5.97 Å². The molecule has 2 aromatic rings. The van der Waals surface area contributed by atoms with Crippen molar-refractivity contribution < 1.29 is 19.0 Å². The molecule has 0 unspecified atom stereocenters. The van der Waals surface area contributed by atoms with Gasteiger partial charge in [-0.05, 0) is 24.3 Å². The van der Waals surface area contributed by atoms with Crippen molar-refractivity contribution >= 4 is 17.8 Å². The minimum atomic E-state index is -0.392. The summed E-state index contributed by atoms with van der Waals surface area (Å²) < 4.78 is 16.0. The summed E-state index contributed by atoms with van der Waals surface area (Å²) in [7, 11) is 3.16. The fourth-order valence-electron chi connectivity index (χ4n) is 2.41. The maximum atomic E-state index is 12.1. The molecular formula is C19H16O4. The summed E-state index contributed by atoms with van der Waals surface area (Å²) in [5.74, 6) is 1.41. The third-order valence-electron chi connectivity index (χ3n) is 3.55. The van der Waals surface area contributed by atoms with Gasteiger partial charge in [-0.1, -0.05) is 36.4 Å². The van der Waals surface area contributed by atoms with Crippen molar-refractivity contribution in [2.45, 2.75) is 0 Å². The van der Waals surface area contributed by atoms with Gasteiger partial charge in [0.15, 0.2) is 0 Å². The van der Waals surface area contributed by atoms with E-state index in [1.165, 1.54) is 0 Å². The van der Waals surface area contributed by atoms with Crippen LogP contribution in [0, 0.1) is 0 Å². The van der Waals surface area contributed by atoms with Crippen LogP contribution in [-0.2, 0) is 9.53 Å². The van der Waals surface area contributed by atoms with Crippen LogP contribution in [0.1, 0.15) is 11.1 Å². The molecule has 3 rings (SSSR count). The first-order valence-corrected chi connectivity index (χ1v) is 7.15. The first kappa shape index (κ1) is 14.9. The van der Waals surface area contributed by atoms with Crippen molar-refractivity contribution in [1.82, 2.24) is 0 Å². The normalized spacial score (nSPS) is 15.3. The number of carbonyl (C=O) groups excluding carboxylic acids is 1. The van der Waals surface area contributed by atoms with E-state index in [0.29, 0.717) is 28.4 Å². The molecule has 0 aromatic heterocycles. The second kappa shape index (κ2) is 6.40. The highest BCUT2D eigenvalue weighted by Crippen LogP contribution is 2.33. The summed E-state index contributed by atoms with van der Waals surface area (Å²) in [6.45, 7) is 0. The second-order valence-electron chi connectivity index (χ2n) is 4.94. The lowest BCUT2D eigenvalue weighted by Gasteiger charge is -2.09. The quantitative estimate of drug-likeness (QED) is 0.638. The Bertz CT molecular complexity index is 766. The average molecular weight is 308 g/mol. The number of hydrogen-bond acceptors (Lipinski definition) is 4. The fraction of sp³-hybridized carbons (Fsp3) is 0.105. The van der Waals surface area contributed by atoms with Crippen LogP contribution in [-0.4, -0.2) is 20.2 Å². The number of ether oxygens (including phenoxy) is 3. The standard InChI is InChI=1S/C19H16O4/c1-21-16-9-6-10-17(22-2)15(16)11-14-12-18(23-19(14)20)13-7-4-3-5-8-13/h3-12H,1-2H3/b14-11+. The Morgan fingerprint density at radius 1 is 0.913 bits per heavy atom. The lowest BCUT2D eigenvalue weighted by Crippen LogP contribution is -1.98. The molecule has 23 heavy (non-hydrogen) atoms. The average Bonchev–Trinajstić information content (AvgIpc) is 2.96. The summed E-state index contributed by atoms with van der Waals surface area (Å²) in [4.78, 5) is 12.1. The van der Waals surface area contributed by atoms with E-state index >= 15 is 0 Å². The van der Waals surface area contributed by atoms with Crippen LogP contribution in [0.25, 0.3) is 11.8 Å². The van der Waals surface area contributed by atoms with Gasteiger partial charge in [-0.25, -0.2) is 4.79 Å². The molecule has 4 nitrogen and oxygen atoms in total. The smallest absolute Gasteiger partial charge is 0.343 e. The van der Waals surface area contributed by atoms with Gasteiger partial charge in [0.1, 0.15) is 17.3 Å². The fourth-order valence-corrected chi connectivity index (χ4v) is 2.41. The van der Waals surface area contributed by atoms with Crippen LogP contribution < -0.4 is 9.47 Å². The molecule has 1 aliphatic rings. The summed E-state index contributed by atoms with van der Waals surface area (Å²) >= 11 is 0. The first-order valence-electron chi connectivity index (χ1n) is 7.15. The van der Waals surface area contributed by atoms with Gasteiger partial charge in [-0.3, -0.25) is 0 Å². The van der Waals surface area contributed by atoms with E-state index in [-0.39, 0.29) is 0 Å². The Morgan fingerprint density at radius 3 is 2.17 bits per heavy atom. The van der Waals surface area contributed by atoms with E-state index in [0.717, 1.165) is 5.56 Å². The maximum absolute atomic E-state index is 12.1. The van der Waals surface area contributed by atoms with Gasteiger partial charge in [-0.15, -0.1) is 0 Å². The van der Waals surface area contributed by atoms with E-state index in [2.05, 4.69) is 0 Å². The van der Waals surface area contributed by atoms with Crippen LogP contribution in [0.3, 0.4) is 0 Å². The molecule has 0 aliphatic carbocycles. The molecule has 1 heterocycles. The van der Waals surface area contributed by atoms with Gasteiger partial charge in [0.05, 0.1) is 25.4 Å². The van der Waals surface area contributed by atoms with E-state index in [1.54, 1.807) is 26.4 Å². The number of esters is 1. The summed E-state index contributed by atoms with van der Waals surface area (Å²) in [5, 5.41) is 0. The van der Waals surface area contributed by atoms with E-state index < -0.39 is 5.97 Å². The van der Waals surface area contributed by atoms with Gasteiger partial charge in [0.25, 0.3) is 0 Å². The number of hydrogen-bond donors (Lipinski definition) is 0. The monoisotopic (exact) mass is 308 g/mol. The number of benzene rings is 2. The lowest BCUT2D eigenvalue weighted by molar-refractivity contribution is -0.130. The highest BCUT2D eigenvalue weighted by molar-refractivity contribution is 6.05. The Hall–Kier alpha value is -3.01. The third-order valence-corrected chi connectivity index (χ3v) is 3.55. The molecule has 0 radical (unpaired) electrons. The summed E-state index contributed by atoms with van der Waals surface area (Å²) in [6, 6.07) is 15.0. The SMILES string of the molecule is COc1cccc(OC)c1/C=C1\C=C(c2ccccc2)OC1=O. The zero-order chi connectivity index (χ0) is 16.2. The van der Waals surface area contributed by atoms with Crippen LogP contribution in [0.15, 0.2) is 60.2 Å². The maximum Gasteiger partial charge on any atom is 0.343 e. The molecule has 0 spiro atoms. The molecule has 4 heteroatoms. The Labute approximate surface area is 134 Å². The Kier molecular flexibility index (Phi) is 4.15. The van der Waals surface area contributed by atoms with Crippen molar-refractivity contribution in [2.24, 2.45) is 0 Å². The minimum absolute atomic E-state index is 0.392. The van der Waals surface area contributed by atoms with Crippen molar-refractivity contribution in [3.05, 3.63) is 71.3 Å². The molecule has 2 aromatic carbocycles. The summed E-state index contributed by atoms with van der Waals surface area (Å²) in [5.41, 5.74) is 2.01. The molecule has 0 amide bonds. The number of methoxy groups -OCH3 is 2. The Balaban J connectivity index is 2.03. The van der Waals surface area contributed by atoms with Gasteiger partial charge in [0.2, 0.25) is 0 Å². The highest BCUT2D eigenvalue weighted by Gasteiger charge is 2.23. The molecule has 0 fully saturated rings. The van der Waals surface area contributed by atoms with Gasteiger partial charge < -0.3 is 14.2 Å². The van der Waals surface area contributed by atoms with Crippen LogP contribution >= 0.6 is 0 Å². The van der Waals surface area contributed by atoms with E-state index in [4.69, 9.17) is 14.2 Å². The van der Waals surface area contributed by atoms with Gasteiger partial charge in [-0.2, -0.15) is 0 Å². The summed E-state index contributed by atoms with van der Waals surface area (Å²) in [6.07, 6.45) is 3.44. The zero-order valence-electron chi connectivity index (χ0n) is 12.9. The predicted octanol–water partition coefficient (Wildman–Crippen LogP) is 3.69. The largest absolute Gasteiger partial charge is 0.496 e. The molecular weight excluding hydrogens is 292 g/mol. The van der Waals surface area contributed by atoms with E-state index in [9.17, 15) is 4.79 Å². The second-order valence-corrected chi connectivity index (χ2v) is 4.94. The number of cyclic esters (lactones) is 1. The third kappa shape index (κ3) is 2.97. The van der Waals surface area contributed by atoms with Crippen molar-refractivity contribution in [3.8, 4) is 11.5 Å². The van der Waals surface area contributed by atoms with Crippen molar-refractivity contribution in [3.63, 3.8) is 0 Å². The molecule has 0 saturated heterocycles. The van der Waals surface area contributed by atoms with Gasteiger partial charge in [0, 0.05) is 5.56 Å². The molecule has 0 saturated carbocycles. The molecule has 116 valence electrons. The van der Waals surface area contributed by atoms with Crippen LogP contribution in [0.2, 0.25) is 0 Å². The molecule has 0 bridgehead atoms. The van der Waals surface area contributed by atoms with Crippen molar-refractivity contribution in [2.75, 3.05) is 14.2 Å².